The van der Waals surface area contributed by atoms with E-state index in [1.807, 2.05) is 6.07 Å². The number of hydrogen-bond donors (Lipinski definition) is 1. The van der Waals surface area contributed by atoms with Gasteiger partial charge in [0.1, 0.15) is 0 Å². The molecule has 0 saturated heterocycles. The monoisotopic (exact) mass is 235 g/mol. The topological polar surface area (TPSA) is 26.0 Å². The van der Waals surface area contributed by atoms with Crippen LogP contribution in [0.15, 0.2) is 18.2 Å². The van der Waals surface area contributed by atoms with Gasteiger partial charge in [0, 0.05) is 5.02 Å². The minimum absolute atomic E-state index is 0.456. The Labute approximate surface area is 102 Å². The van der Waals surface area contributed by atoms with Crippen molar-refractivity contribution in [3.63, 3.8) is 0 Å². The molecule has 0 aromatic heterocycles. The van der Waals surface area contributed by atoms with Crippen LogP contribution in [0.3, 0.4) is 0 Å². The van der Waals surface area contributed by atoms with Crippen molar-refractivity contribution in [2.24, 2.45) is 11.7 Å². The minimum Gasteiger partial charge on any atom is -0.330 e. The first-order valence-electron chi connectivity index (χ1n) is 6.26. The number of rotatable bonds is 2. The third kappa shape index (κ3) is 1.42. The predicted molar refractivity (Wildman–Crippen MR) is 67.8 cm³/mol. The zero-order valence-electron chi connectivity index (χ0n) is 9.51. The van der Waals surface area contributed by atoms with E-state index in [9.17, 15) is 0 Å². The van der Waals surface area contributed by atoms with Gasteiger partial charge >= 0.3 is 0 Å². The Morgan fingerprint density at radius 3 is 2.88 bits per heavy atom. The fourth-order valence-corrected chi connectivity index (χ4v) is 3.80. The standard InChI is InChI=1S/C14H18ClN/c15-13-3-1-2-12-11(13)5-4-10(6-9-16)14(12)7-8-14/h1-3,10H,4-9,16H2. The van der Waals surface area contributed by atoms with E-state index in [2.05, 4.69) is 12.1 Å². The van der Waals surface area contributed by atoms with E-state index in [1.54, 1.807) is 0 Å². The fraction of sp³-hybridized carbons (Fsp3) is 0.571. The maximum Gasteiger partial charge on any atom is 0.0440 e. The van der Waals surface area contributed by atoms with Crippen molar-refractivity contribution in [3.8, 4) is 0 Å². The van der Waals surface area contributed by atoms with Gasteiger partial charge in [0.15, 0.2) is 0 Å². The molecule has 2 N–H and O–H groups in total. The van der Waals surface area contributed by atoms with Crippen LogP contribution in [0.25, 0.3) is 0 Å². The molecule has 86 valence electrons. The third-order valence-corrected chi connectivity index (χ3v) is 4.84. The summed E-state index contributed by atoms with van der Waals surface area (Å²) in [6.45, 7) is 0.822. The highest BCUT2D eigenvalue weighted by atomic mass is 35.5. The lowest BCUT2D eigenvalue weighted by molar-refractivity contribution is 0.335. The van der Waals surface area contributed by atoms with Crippen LogP contribution >= 0.6 is 11.6 Å². The predicted octanol–water partition coefficient (Wildman–Crippen LogP) is 3.28. The zero-order chi connectivity index (χ0) is 11.2. The molecule has 1 atom stereocenters. The summed E-state index contributed by atoms with van der Waals surface area (Å²) >= 11 is 6.30. The van der Waals surface area contributed by atoms with E-state index in [0.29, 0.717) is 5.41 Å². The molecule has 16 heavy (non-hydrogen) atoms. The Bertz CT molecular complexity index is 409. The molecule has 0 radical (unpaired) electrons. The summed E-state index contributed by atoms with van der Waals surface area (Å²) in [6, 6.07) is 6.42. The van der Waals surface area contributed by atoms with Crippen LogP contribution in [-0.2, 0) is 11.8 Å². The average molecular weight is 236 g/mol. The molecule has 1 fully saturated rings. The highest BCUT2D eigenvalue weighted by Crippen LogP contribution is 2.60. The summed E-state index contributed by atoms with van der Waals surface area (Å²) in [6.07, 6.45) is 6.26. The molecule has 2 aliphatic rings. The van der Waals surface area contributed by atoms with Crippen LogP contribution in [0.5, 0.6) is 0 Å². The van der Waals surface area contributed by atoms with Gasteiger partial charge in [0.25, 0.3) is 0 Å². The van der Waals surface area contributed by atoms with Gasteiger partial charge in [0.2, 0.25) is 0 Å². The van der Waals surface area contributed by atoms with Gasteiger partial charge in [-0.05, 0) is 67.2 Å². The number of hydrogen-bond acceptors (Lipinski definition) is 1. The van der Waals surface area contributed by atoms with Crippen molar-refractivity contribution in [3.05, 3.63) is 34.3 Å². The summed E-state index contributed by atoms with van der Waals surface area (Å²) < 4.78 is 0. The van der Waals surface area contributed by atoms with Gasteiger partial charge in [0.05, 0.1) is 0 Å². The SMILES string of the molecule is NCCC1CCc2c(Cl)cccc2C12CC2. The van der Waals surface area contributed by atoms with Gasteiger partial charge in [-0.1, -0.05) is 23.7 Å². The largest absolute Gasteiger partial charge is 0.330 e. The van der Waals surface area contributed by atoms with Crippen molar-refractivity contribution < 1.29 is 0 Å². The van der Waals surface area contributed by atoms with E-state index in [4.69, 9.17) is 17.3 Å². The smallest absolute Gasteiger partial charge is 0.0440 e. The maximum atomic E-state index is 6.30. The summed E-state index contributed by atoms with van der Waals surface area (Å²) in [4.78, 5) is 0. The molecule has 2 heteroatoms. The molecule has 1 aromatic rings. The lowest BCUT2D eigenvalue weighted by Crippen LogP contribution is -2.29. The minimum atomic E-state index is 0.456. The molecule has 1 unspecified atom stereocenters. The second-order valence-corrected chi connectivity index (χ2v) is 5.64. The van der Waals surface area contributed by atoms with Crippen LogP contribution in [0.4, 0.5) is 0 Å². The molecule has 2 aliphatic carbocycles. The number of fused-ring (bicyclic) bond motifs is 2. The molecule has 3 rings (SSSR count). The van der Waals surface area contributed by atoms with E-state index in [1.165, 1.54) is 36.8 Å². The first-order valence-corrected chi connectivity index (χ1v) is 6.64. The van der Waals surface area contributed by atoms with Crippen LogP contribution < -0.4 is 5.73 Å². The van der Waals surface area contributed by atoms with Crippen LogP contribution in [0.1, 0.15) is 36.8 Å². The van der Waals surface area contributed by atoms with Crippen LogP contribution in [-0.4, -0.2) is 6.54 Å². The van der Waals surface area contributed by atoms with Gasteiger partial charge < -0.3 is 5.73 Å². The Hall–Kier alpha value is -0.530. The maximum absolute atomic E-state index is 6.30. The van der Waals surface area contributed by atoms with Crippen LogP contribution in [0.2, 0.25) is 5.02 Å². The lowest BCUT2D eigenvalue weighted by atomic mass is 9.71. The van der Waals surface area contributed by atoms with Crippen molar-refractivity contribution in [2.75, 3.05) is 6.54 Å². The molecule has 0 bridgehead atoms. The van der Waals surface area contributed by atoms with E-state index >= 15 is 0 Å². The molecular formula is C14H18ClN. The Balaban J connectivity index is 2.03. The van der Waals surface area contributed by atoms with Crippen molar-refractivity contribution in [1.29, 1.82) is 0 Å². The Morgan fingerprint density at radius 1 is 1.38 bits per heavy atom. The number of benzene rings is 1. The fourth-order valence-electron chi connectivity index (χ4n) is 3.53. The first-order chi connectivity index (χ1) is 7.78. The van der Waals surface area contributed by atoms with Gasteiger partial charge in [-0.3, -0.25) is 0 Å². The second kappa shape index (κ2) is 3.75. The van der Waals surface area contributed by atoms with E-state index in [0.717, 1.165) is 23.9 Å². The van der Waals surface area contributed by atoms with Gasteiger partial charge in [-0.15, -0.1) is 0 Å². The molecular weight excluding hydrogens is 218 g/mol. The van der Waals surface area contributed by atoms with Crippen molar-refractivity contribution in [1.82, 2.24) is 0 Å². The quantitative estimate of drug-likeness (QED) is 0.837. The summed E-state index contributed by atoms with van der Waals surface area (Å²) in [5, 5.41) is 0.968. The van der Waals surface area contributed by atoms with E-state index < -0.39 is 0 Å². The number of nitrogens with two attached hydrogens (primary N) is 1. The Morgan fingerprint density at radius 2 is 2.19 bits per heavy atom. The highest BCUT2D eigenvalue weighted by molar-refractivity contribution is 6.31. The lowest BCUT2D eigenvalue weighted by Gasteiger charge is -2.34. The Kier molecular flexibility index (Phi) is 2.49. The van der Waals surface area contributed by atoms with Crippen molar-refractivity contribution in [2.45, 2.75) is 37.5 Å². The highest BCUT2D eigenvalue weighted by Gasteiger charge is 2.52. The third-order valence-electron chi connectivity index (χ3n) is 4.48. The summed E-state index contributed by atoms with van der Waals surface area (Å²) in [5.41, 5.74) is 9.13. The molecule has 1 saturated carbocycles. The zero-order valence-corrected chi connectivity index (χ0v) is 10.3. The normalized spacial score (nSPS) is 25.5. The average Bonchev–Trinajstić information content (AvgIpc) is 3.05. The molecule has 1 nitrogen and oxygen atoms in total. The van der Waals surface area contributed by atoms with Crippen molar-refractivity contribution >= 4 is 11.6 Å². The second-order valence-electron chi connectivity index (χ2n) is 5.24. The summed E-state index contributed by atoms with van der Waals surface area (Å²) in [7, 11) is 0. The van der Waals surface area contributed by atoms with Gasteiger partial charge in [-0.25, -0.2) is 0 Å². The first kappa shape index (κ1) is 10.6. The van der Waals surface area contributed by atoms with Gasteiger partial charge in [-0.2, -0.15) is 0 Å². The summed E-state index contributed by atoms with van der Waals surface area (Å²) in [5.74, 6) is 0.795. The van der Waals surface area contributed by atoms with Crippen LogP contribution in [0, 0.1) is 5.92 Å². The molecule has 0 heterocycles. The van der Waals surface area contributed by atoms with E-state index in [-0.39, 0.29) is 0 Å². The molecule has 0 aliphatic heterocycles. The molecule has 1 aromatic carbocycles. The molecule has 1 spiro atoms. The number of halogens is 1. The molecule has 0 amide bonds.